The summed E-state index contributed by atoms with van der Waals surface area (Å²) >= 11 is 0. The molecule has 1 atom stereocenters. The minimum Gasteiger partial charge on any atom is -0.497 e. The summed E-state index contributed by atoms with van der Waals surface area (Å²) in [4.78, 5) is 17.0. The fraction of sp³-hybridized carbons (Fsp3) is 0.478. The molecule has 1 saturated carbocycles. The highest BCUT2D eigenvalue weighted by Gasteiger charge is 2.42. The molecule has 1 heterocycles. The molecule has 1 aliphatic carbocycles. The number of amides is 1. The van der Waals surface area contributed by atoms with Crippen molar-refractivity contribution in [1.82, 2.24) is 14.8 Å². The molecule has 11 heteroatoms. The number of carbonyl (C=O) groups is 1. The third-order valence-corrected chi connectivity index (χ3v) is 7.83. The number of nitrogens with zero attached hydrogens (tertiary/aromatic N) is 2. The first kappa shape index (κ1) is 28.0. The van der Waals surface area contributed by atoms with Crippen LogP contribution in [0.25, 0.3) is 0 Å². The van der Waals surface area contributed by atoms with Gasteiger partial charge in [-0.25, -0.2) is 13.9 Å². The molecule has 9 nitrogen and oxygen atoms in total. The van der Waals surface area contributed by atoms with Crippen molar-refractivity contribution in [2.24, 2.45) is 5.92 Å². The zero-order valence-corrected chi connectivity index (χ0v) is 20.9. The number of hydrogen-bond donors (Lipinski definition) is 2. The van der Waals surface area contributed by atoms with Gasteiger partial charge in [-0.1, -0.05) is 6.07 Å². The quantitative estimate of drug-likeness (QED) is 0.370. The second kappa shape index (κ2) is 13.0. The lowest BCUT2D eigenvalue weighted by Gasteiger charge is -2.38. The summed E-state index contributed by atoms with van der Waals surface area (Å²) in [5.41, 5.74) is 2.33. The molecule has 1 fully saturated rings. The summed E-state index contributed by atoms with van der Waals surface area (Å²) < 4.78 is 39.6. The van der Waals surface area contributed by atoms with Crippen molar-refractivity contribution in [3.63, 3.8) is 0 Å². The van der Waals surface area contributed by atoms with Crippen LogP contribution < -0.4 is 10.2 Å². The maximum Gasteiger partial charge on any atom is 0.262 e. The molecule has 1 aliphatic rings. The molecule has 34 heavy (non-hydrogen) atoms. The van der Waals surface area contributed by atoms with Gasteiger partial charge in [-0.15, -0.1) is 12.4 Å². The van der Waals surface area contributed by atoms with Crippen molar-refractivity contribution in [2.45, 2.75) is 56.2 Å². The lowest BCUT2D eigenvalue weighted by molar-refractivity contribution is -0.136. The zero-order chi connectivity index (χ0) is 23.8. The Morgan fingerprint density at radius 2 is 1.88 bits per heavy atom. The van der Waals surface area contributed by atoms with E-state index in [1.807, 2.05) is 6.92 Å². The fourth-order valence-electron chi connectivity index (χ4n) is 4.34. The van der Waals surface area contributed by atoms with Gasteiger partial charge in [0.1, 0.15) is 11.8 Å². The highest BCUT2D eigenvalue weighted by molar-refractivity contribution is 7.89. The van der Waals surface area contributed by atoms with Gasteiger partial charge in [0.15, 0.2) is 0 Å². The smallest absolute Gasteiger partial charge is 0.262 e. The first-order valence-electron chi connectivity index (χ1n) is 11.0. The molecule has 1 unspecified atom stereocenters. The van der Waals surface area contributed by atoms with E-state index in [9.17, 15) is 18.4 Å². The van der Waals surface area contributed by atoms with Crippen LogP contribution in [-0.2, 0) is 26.1 Å². The molecular weight excluding hydrogens is 482 g/mol. The van der Waals surface area contributed by atoms with E-state index < -0.39 is 22.0 Å². The summed E-state index contributed by atoms with van der Waals surface area (Å²) in [6.07, 6.45) is 5.90. The summed E-state index contributed by atoms with van der Waals surface area (Å²) in [5, 5.41) is 9.52. The molecule has 1 aromatic heterocycles. The molecule has 0 aliphatic heterocycles. The van der Waals surface area contributed by atoms with Crippen molar-refractivity contribution in [1.29, 1.82) is 0 Å². The number of pyridine rings is 1. The van der Waals surface area contributed by atoms with Gasteiger partial charge in [0.2, 0.25) is 10.0 Å². The van der Waals surface area contributed by atoms with Crippen LogP contribution in [0.4, 0.5) is 0 Å². The summed E-state index contributed by atoms with van der Waals surface area (Å²) in [6, 6.07) is 8.39. The molecule has 3 rings (SSSR count). The van der Waals surface area contributed by atoms with Crippen molar-refractivity contribution in [2.75, 3.05) is 13.7 Å². The average molecular weight is 514 g/mol. The summed E-state index contributed by atoms with van der Waals surface area (Å²) in [5.74, 6) is -0.513. The van der Waals surface area contributed by atoms with E-state index in [0.717, 1.165) is 12.8 Å². The normalized spacial score (nSPS) is 19.2. The number of hydrogen-bond acceptors (Lipinski definition) is 7. The second-order valence-electron chi connectivity index (χ2n) is 8.00. The van der Waals surface area contributed by atoms with E-state index >= 15 is 0 Å². The number of hydroxylamine groups is 1. The van der Waals surface area contributed by atoms with E-state index in [1.54, 1.807) is 42.1 Å². The number of halogens is 1. The molecular formula is C23H32ClN3O6S. The Balaban J connectivity index is 0.00000408. The van der Waals surface area contributed by atoms with Crippen molar-refractivity contribution < 1.29 is 27.9 Å². The molecule has 0 radical (unpaired) electrons. The Morgan fingerprint density at radius 1 is 1.21 bits per heavy atom. The number of methoxy groups -OCH3 is 1. The maximum absolute atomic E-state index is 13.8. The first-order chi connectivity index (χ1) is 15.9. The molecule has 1 aromatic carbocycles. The van der Waals surface area contributed by atoms with Crippen LogP contribution >= 0.6 is 12.4 Å². The van der Waals surface area contributed by atoms with Gasteiger partial charge >= 0.3 is 0 Å². The Hall–Kier alpha value is -2.24. The highest BCUT2D eigenvalue weighted by Crippen LogP contribution is 2.34. The second-order valence-corrected chi connectivity index (χ2v) is 9.89. The number of aromatic nitrogens is 1. The van der Waals surface area contributed by atoms with Crippen molar-refractivity contribution >= 4 is 28.3 Å². The van der Waals surface area contributed by atoms with Crippen LogP contribution in [0.5, 0.6) is 5.75 Å². The lowest BCUT2D eigenvalue weighted by Crippen LogP contribution is -2.53. The number of carbonyl (C=O) groups excluding carboxylic acids is 1. The largest absolute Gasteiger partial charge is 0.497 e. The van der Waals surface area contributed by atoms with Gasteiger partial charge in [-0.05, 0) is 74.4 Å². The van der Waals surface area contributed by atoms with Gasteiger partial charge in [0.05, 0.1) is 18.1 Å². The van der Waals surface area contributed by atoms with Gasteiger partial charge in [0.25, 0.3) is 5.91 Å². The topological polar surface area (TPSA) is 118 Å². The zero-order valence-electron chi connectivity index (χ0n) is 19.3. The first-order valence-corrected chi connectivity index (χ1v) is 12.4. The molecule has 0 bridgehead atoms. The maximum atomic E-state index is 13.8. The fourth-order valence-corrected chi connectivity index (χ4v) is 5.98. The van der Waals surface area contributed by atoms with Crippen LogP contribution in [0.1, 0.15) is 38.2 Å². The number of benzene rings is 1. The van der Waals surface area contributed by atoms with Crippen LogP contribution in [0.2, 0.25) is 0 Å². The van der Waals surface area contributed by atoms with Crippen LogP contribution in [-0.4, -0.2) is 54.7 Å². The molecule has 0 spiro atoms. The number of rotatable bonds is 10. The van der Waals surface area contributed by atoms with Gasteiger partial charge < -0.3 is 9.47 Å². The van der Waals surface area contributed by atoms with E-state index in [0.29, 0.717) is 30.8 Å². The summed E-state index contributed by atoms with van der Waals surface area (Å²) in [7, 11) is -2.61. The van der Waals surface area contributed by atoms with Gasteiger partial charge in [-0.2, -0.15) is 4.31 Å². The Labute approximate surface area is 206 Å². The third kappa shape index (κ3) is 6.67. The Kier molecular flexibility index (Phi) is 10.7. The van der Waals surface area contributed by atoms with Crippen molar-refractivity contribution in [3.8, 4) is 5.75 Å². The highest BCUT2D eigenvalue weighted by atomic mass is 35.5. The standard InChI is InChI=1S/C23H31N3O6S.ClH/c1-3-32-20-8-6-18(7-9-20)22(23(27)25-28)26(16-17-5-4-14-24-15-17)33(29,30)21-12-10-19(31-2)11-13-21;/h4-5,10-15,18,20,22,28H,3,6-9,16H2,1-2H3,(H,25,27);1H/t18-,20-,22?;. The predicted molar refractivity (Wildman–Crippen MR) is 128 cm³/mol. The Morgan fingerprint density at radius 3 is 2.41 bits per heavy atom. The van der Waals surface area contributed by atoms with Crippen LogP contribution in [0.15, 0.2) is 53.7 Å². The minimum atomic E-state index is -4.10. The number of sulfonamides is 1. The third-order valence-electron chi connectivity index (χ3n) is 5.98. The van der Waals surface area contributed by atoms with Crippen molar-refractivity contribution in [3.05, 3.63) is 54.4 Å². The summed E-state index contributed by atoms with van der Waals surface area (Å²) in [6.45, 7) is 2.48. The molecule has 1 amide bonds. The van der Waals surface area contributed by atoms with Gasteiger partial charge in [0, 0.05) is 25.5 Å². The van der Waals surface area contributed by atoms with Crippen LogP contribution in [0.3, 0.4) is 0 Å². The molecule has 0 saturated heterocycles. The van der Waals surface area contributed by atoms with E-state index in [1.165, 1.54) is 23.5 Å². The predicted octanol–water partition coefficient (Wildman–Crippen LogP) is 3.17. The van der Waals surface area contributed by atoms with E-state index in [-0.39, 0.29) is 35.9 Å². The lowest BCUT2D eigenvalue weighted by atomic mass is 9.82. The van der Waals surface area contributed by atoms with E-state index in [4.69, 9.17) is 9.47 Å². The van der Waals surface area contributed by atoms with E-state index in [2.05, 4.69) is 4.98 Å². The monoisotopic (exact) mass is 513 g/mol. The molecule has 188 valence electrons. The number of ether oxygens (including phenoxy) is 2. The Bertz CT molecular complexity index is 999. The van der Waals surface area contributed by atoms with Gasteiger partial charge in [-0.3, -0.25) is 15.0 Å². The minimum absolute atomic E-state index is 0. The average Bonchev–Trinajstić information content (AvgIpc) is 2.85. The molecule has 2 N–H and O–H groups in total. The van der Waals surface area contributed by atoms with Crippen LogP contribution in [0, 0.1) is 5.92 Å². The molecule has 2 aromatic rings. The number of nitrogens with one attached hydrogen (secondary N) is 1. The SMILES string of the molecule is CCO[C@H]1CC[C@H](C(C(=O)NO)N(Cc2cccnc2)S(=O)(=O)c2ccc(OC)cc2)CC1.Cl.